The summed E-state index contributed by atoms with van der Waals surface area (Å²) in [6.07, 6.45) is 1.66. The zero-order valence-electron chi connectivity index (χ0n) is 20.3. The fraction of sp³-hybridized carbons (Fsp3) is 0.179. The van der Waals surface area contributed by atoms with E-state index in [1.807, 2.05) is 62.4 Å². The van der Waals surface area contributed by atoms with Crippen LogP contribution in [0.2, 0.25) is 0 Å². The van der Waals surface area contributed by atoms with Gasteiger partial charge in [0.15, 0.2) is 18.1 Å². The summed E-state index contributed by atoms with van der Waals surface area (Å²) in [6, 6.07) is 20.4. The van der Waals surface area contributed by atoms with Crippen LogP contribution in [0.1, 0.15) is 23.6 Å². The summed E-state index contributed by atoms with van der Waals surface area (Å²) >= 11 is 3.12. The highest BCUT2D eigenvalue weighted by atomic mass is 127. The highest BCUT2D eigenvalue weighted by molar-refractivity contribution is 14.1. The fourth-order valence-electron chi connectivity index (χ4n) is 3.63. The molecule has 3 amide bonds. The molecule has 4 rings (SSSR count). The molecule has 3 aromatic carbocycles. The first-order valence-electron chi connectivity index (χ1n) is 11.6. The molecule has 1 saturated heterocycles. The fourth-order valence-corrected chi connectivity index (χ4v) is 4.82. The Morgan fingerprint density at radius 2 is 1.81 bits per heavy atom. The van der Waals surface area contributed by atoms with E-state index >= 15 is 0 Å². The monoisotopic (exact) mass is 628 g/mol. The van der Waals surface area contributed by atoms with Crippen LogP contribution >= 0.6 is 34.4 Å². The van der Waals surface area contributed by atoms with Gasteiger partial charge in [-0.05, 0) is 107 Å². The van der Waals surface area contributed by atoms with Crippen LogP contribution in [0.3, 0.4) is 0 Å². The van der Waals surface area contributed by atoms with E-state index in [1.165, 1.54) is 4.90 Å². The van der Waals surface area contributed by atoms with Crippen LogP contribution in [0.25, 0.3) is 6.08 Å². The number of carbonyl (C=O) groups excluding carboxylic acids is 3. The third-order valence-electron chi connectivity index (χ3n) is 5.35. The Morgan fingerprint density at radius 3 is 2.54 bits per heavy atom. The van der Waals surface area contributed by atoms with E-state index in [1.54, 1.807) is 24.3 Å². The normalized spacial score (nSPS) is 14.2. The van der Waals surface area contributed by atoms with E-state index in [9.17, 15) is 14.4 Å². The Kier molecular flexibility index (Phi) is 8.88. The molecule has 3 aromatic rings. The third kappa shape index (κ3) is 7.14. The molecular formula is C28H25IN2O5S. The summed E-state index contributed by atoms with van der Waals surface area (Å²) in [7, 11) is 0. The number of halogens is 1. The molecule has 0 atom stereocenters. The van der Waals surface area contributed by atoms with Crippen molar-refractivity contribution in [3.8, 4) is 11.5 Å². The lowest BCUT2D eigenvalue weighted by molar-refractivity contribution is -0.123. The van der Waals surface area contributed by atoms with Crippen LogP contribution < -0.4 is 14.8 Å². The second-order valence-electron chi connectivity index (χ2n) is 8.24. The maximum Gasteiger partial charge on any atom is 0.293 e. The van der Waals surface area contributed by atoms with E-state index in [0.717, 1.165) is 26.5 Å². The lowest BCUT2D eigenvalue weighted by atomic mass is 10.1. The lowest BCUT2D eigenvalue weighted by Gasteiger charge is -2.13. The van der Waals surface area contributed by atoms with Crippen LogP contribution in [0.4, 0.5) is 10.5 Å². The van der Waals surface area contributed by atoms with E-state index in [0.29, 0.717) is 34.3 Å². The molecule has 0 aromatic heterocycles. The number of rotatable bonds is 9. The number of carbonyl (C=O) groups is 3. The van der Waals surface area contributed by atoms with Gasteiger partial charge in [-0.3, -0.25) is 19.3 Å². The van der Waals surface area contributed by atoms with Crippen molar-refractivity contribution in [3.05, 3.63) is 91.9 Å². The van der Waals surface area contributed by atoms with Crippen molar-refractivity contribution in [3.63, 3.8) is 0 Å². The predicted octanol–water partition coefficient (Wildman–Crippen LogP) is 6.25. The number of aryl methyl sites for hydroxylation is 1. The third-order valence-corrected chi connectivity index (χ3v) is 6.98. The second kappa shape index (κ2) is 12.3. The van der Waals surface area contributed by atoms with Crippen LogP contribution in [-0.4, -0.2) is 35.2 Å². The van der Waals surface area contributed by atoms with Gasteiger partial charge in [-0.2, -0.15) is 0 Å². The summed E-state index contributed by atoms with van der Waals surface area (Å²) < 4.78 is 12.5. The number of imide groups is 1. The Morgan fingerprint density at radius 1 is 1.03 bits per heavy atom. The van der Waals surface area contributed by atoms with E-state index in [2.05, 4.69) is 27.9 Å². The molecule has 0 saturated carbocycles. The largest absolute Gasteiger partial charge is 0.490 e. The van der Waals surface area contributed by atoms with Gasteiger partial charge >= 0.3 is 0 Å². The van der Waals surface area contributed by atoms with Crippen molar-refractivity contribution >= 4 is 63.2 Å². The van der Waals surface area contributed by atoms with Gasteiger partial charge < -0.3 is 14.8 Å². The van der Waals surface area contributed by atoms with Crippen molar-refractivity contribution in [2.75, 3.05) is 18.5 Å². The first kappa shape index (κ1) is 26.7. The summed E-state index contributed by atoms with van der Waals surface area (Å²) in [4.78, 5) is 39.4. The first-order valence-corrected chi connectivity index (χ1v) is 13.5. The molecule has 1 fully saturated rings. The minimum atomic E-state index is -0.334. The van der Waals surface area contributed by atoms with Crippen LogP contribution in [-0.2, 0) is 16.1 Å². The minimum absolute atomic E-state index is 0.190. The van der Waals surface area contributed by atoms with Gasteiger partial charge in [0.25, 0.3) is 17.1 Å². The Balaban J connectivity index is 1.44. The molecule has 7 nitrogen and oxygen atoms in total. The molecule has 1 heterocycles. The quantitative estimate of drug-likeness (QED) is 0.223. The van der Waals surface area contributed by atoms with Crippen molar-refractivity contribution in [1.29, 1.82) is 0 Å². The van der Waals surface area contributed by atoms with Gasteiger partial charge in [0.05, 0.1) is 18.1 Å². The number of ether oxygens (including phenoxy) is 2. The van der Waals surface area contributed by atoms with Crippen molar-refractivity contribution in [2.24, 2.45) is 0 Å². The number of hydrogen-bond donors (Lipinski definition) is 1. The number of anilines is 1. The summed E-state index contributed by atoms with van der Waals surface area (Å²) in [5, 5.41) is 2.50. The number of benzene rings is 3. The van der Waals surface area contributed by atoms with Crippen molar-refractivity contribution < 1.29 is 23.9 Å². The highest BCUT2D eigenvalue weighted by Crippen LogP contribution is 2.35. The van der Waals surface area contributed by atoms with Crippen LogP contribution in [0.15, 0.2) is 71.6 Å². The molecule has 0 unspecified atom stereocenters. The molecule has 9 heteroatoms. The lowest BCUT2D eigenvalue weighted by Crippen LogP contribution is -2.27. The van der Waals surface area contributed by atoms with Gasteiger partial charge in [-0.15, -0.1) is 0 Å². The number of thioether (sulfide) groups is 1. The topological polar surface area (TPSA) is 84.9 Å². The zero-order chi connectivity index (χ0) is 26.4. The highest BCUT2D eigenvalue weighted by Gasteiger charge is 2.35. The van der Waals surface area contributed by atoms with E-state index < -0.39 is 0 Å². The Hall–Kier alpha value is -3.31. The molecule has 1 N–H and O–H groups in total. The van der Waals surface area contributed by atoms with Crippen LogP contribution in [0, 0.1) is 10.5 Å². The average molecular weight is 628 g/mol. The van der Waals surface area contributed by atoms with Gasteiger partial charge in [0, 0.05) is 9.26 Å². The summed E-state index contributed by atoms with van der Waals surface area (Å²) in [6.45, 7) is 4.22. The van der Waals surface area contributed by atoms with Gasteiger partial charge in [-0.25, -0.2) is 0 Å². The van der Waals surface area contributed by atoms with Gasteiger partial charge in [0.1, 0.15) is 0 Å². The molecule has 190 valence electrons. The molecule has 0 aliphatic carbocycles. The SMILES string of the molecule is CCOc1cc(/C=C2/SC(=O)N(Cc3ccc(I)cc3)C2=O)ccc1OCC(=O)Nc1cccc(C)c1. The zero-order valence-corrected chi connectivity index (χ0v) is 23.3. The van der Waals surface area contributed by atoms with E-state index in [-0.39, 0.29) is 30.2 Å². The molecule has 1 aliphatic rings. The Labute approximate surface area is 233 Å². The van der Waals surface area contributed by atoms with Crippen molar-refractivity contribution in [1.82, 2.24) is 4.90 Å². The van der Waals surface area contributed by atoms with Crippen molar-refractivity contribution in [2.45, 2.75) is 20.4 Å². The maximum atomic E-state index is 12.9. The summed E-state index contributed by atoms with van der Waals surface area (Å²) in [5.74, 6) is 0.224. The predicted molar refractivity (Wildman–Crippen MR) is 154 cm³/mol. The minimum Gasteiger partial charge on any atom is -0.490 e. The molecule has 37 heavy (non-hydrogen) atoms. The average Bonchev–Trinajstić information content (AvgIpc) is 3.12. The first-order chi connectivity index (χ1) is 17.8. The van der Waals surface area contributed by atoms with Gasteiger partial charge in [0.2, 0.25) is 0 Å². The number of hydrogen-bond acceptors (Lipinski definition) is 6. The van der Waals surface area contributed by atoms with E-state index in [4.69, 9.17) is 9.47 Å². The standard InChI is InChI=1S/C28H25IN2O5S/c1-3-35-24-14-20(9-12-23(24)36-17-26(32)30-22-6-4-5-18(2)13-22)15-25-27(33)31(28(34)37-25)16-19-7-10-21(29)11-8-19/h4-15H,3,16-17H2,1-2H3,(H,30,32)/b25-15+. The van der Waals surface area contributed by atoms with Crippen LogP contribution in [0.5, 0.6) is 11.5 Å². The molecule has 1 aliphatic heterocycles. The molecule has 0 radical (unpaired) electrons. The van der Waals surface area contributed by atoms with Gasteiger partial charge in [-0.1, -0.05) is 30.3 Å². The summed E-state index contributed by atoms with van der Waals surface area (Å²) in [5.41, 5.74) is 3.31. The molecule has 0 spiro atoms. The Bertz CT molecular complexity index is 1360. The second-order valence-corrected chi connectivity index (χ2v) is 10.5. The molecular weight excluding hydrogens is 603 g/mol. The number of nitrogens with one attached hydrogen (secondary N) is 1. The number of nitrogens with zero attached hydrogens (tertiary/aromatic N) is 1. The smallest absolute Gasteiger partial charge is 0.293 e. The molecule has 0 bridgehead atoms. The number of amides is 3. The maximum absolute atomic E-state index is 12.9.